The van der Waals surface area contributed by atoms with Crippen LogP contribution in [-0.2, 0) is 6.42 Å². The average Bonchev–Trinajstić information content (AvgIpc) is 2.88. The molecular weight excluding hydrogens is 304 g/mol. The Hall–Kier alpha value is -1.23. The predicted octanol–water partition coefficient (Wildman–Crippen LogP) is 3.41. The molecule has 19 heavy (non-hydrogen) atoms. The molecule has 0 aliphatic carbocycles. The van der Waals surface area contributed by atoms with Gasteiger partial charge < -0.3 is 0 Å². The summed E-state index contributed by atoms with van der Waals surface area (Å²) in [6.45, 7) is 4.48. The highest BCUT2D eigenvalue weighted by Gasteiger charge is 2.25. The Labute approximate surface area is 122 Å². The molecule has 0 N–H and O–H groups in total. The van der Waals surface area contributed by atoms with Crippen molar-refractivity contribution in [3.05, 3.63) is 36.2 Å². The molecule has 0 fully saturated rings. The lowest BCUT2D eigenvalue weighted by Crippen LogP contribution is -2.23. The Morgan fingerprint density at radius 2 is 2.00 bits per heavy atom. The largest absolute Gasteiger partial charge is 0.197 e. The lowest BCUT2D eigenvalue weighted by Gasteiger charge is -2.26. The molecular formula is C14H19BrN4. The molecule has 0 bridgehead atoms. The van der Waals surface area contributed by atoms with E-state index >= 15 is 0 Å². The number of alkyl halides is 1. The minimum Gasteiger partial charge on any atom is -0.197 e. The third kappa shape index (κ3) is 3.41. The van der Waals surface area contributed by atoms with Crippen LogP contribution in [0.5, 0.6) is 0 Å². The summed E-state index contributed by atoms with van der Waals surface area (Å²) in [4.78, 5) is 0. The Morgan fingerprint density at radius 3 is 2.63 bits per heavy atom. The Balaban J connectivity index is 2.25. The van der Waals surface area contributed by atoms with Crippen molar-refractivity contribution in [3.8, 4) is 5.69 Å². The number of aromatic nitrogens is 4. The monoisotopic (exact) mass is 322 g/mol. The molecule has 1 heterocycles. The van der Waals surface area contributed by atoms with Crippen LogP contribution in [0.2, 0.25) is 0 Å². The molecule has 0 saturated carbocycles. The lowest BCUT2D eigenvalue weighted by molar-refractivity contribution is 0.330. The van der Waals surface area contributed by atoms with Gasteiger partial charge in [-0.05, 0) is 34.4 Å². The molecule has 1 aromatic carbocycles. The number of hydrogen-bond donors (Lipinski definition) is 0. The zero-order valence-electron chi connectivity index (χ0n) is 11.4. The molecule has 0 aliphatic rings. The number of halogens is 1. The van der Waals surface area contributed by atoms with Gasteiger partial charge in [0, 0.05) is 11.8 Å². The zero-order chi connectivity index (χ0) is 13.7. The van der Waals surface area contributed by atoms with E-state index in [0.717, 1.165) is 36.1 Å². The minimum absolute atomic E-state index is 0.190. The van der Waals surface area contributed by atoms with E-state index in [4.69, 9.17) is 0 Å². The van der Waals surface area contributed by atoms with E-state index in [9.17, 15) is 0 Å². The van der Waals surface area contributed by atoms with Gasteiger partial charge in [-0.1, -0.05) is 54.4 Å². The number of tetrazole rings is 1. The third-order valence-electron chi connectivity index (χ3n) is 3.30. The van der Waals surface area contributed by atoms with E-state index < -0.39 is 0 Å². The lowest BCUT2D eigenvalue weighted by atomic mass is 9.84. The van der Waals surface area contributed by atoms with E-state index in [1.165, 1.54) is 0 Å². The highest BCUT2D eigenvalue weighted by Crippen LogP contribution is 2.30. The van der Waals surface area contributed by atoms with Crippen LogP contribution in [0, 0.1) is 5.41 Å². The van der Waals surface area contributed by atoms with Crippen molar-refractivity contribution in [2.75, 3.05) is 5.33 Å². The van der Waals surface area contributed by atoms with Gasteiger partial charge >= 0.3 is 0 Å². The maximum Gasteiger partial charge on any atom is 0.157 e. The predicted molar refractivity (Wildman–Crippen MR) is 79.7 cm³/mol. The maximum atomic E-state index is 4.19. The van der Waals surface area contributed by atoms with Crippen LogP contribution in [-0.4, -0.2) is 25.5 Å². The molecule has 0 saturated heterocycles. The summed E-state index contributed by atoms with van der Waals surface area (Å²) in [6, 6.07) is 10.0. The standard InChI is InChI=1S/C14H19BrN4/c1-3-9-14(2,11-15)10-13-16-17-18-19(13)12-7-5-4-6-8-12/h4-8H,3,9-11H2,1-2H3. The molecule has 5 heteroatoms. The highest BCUT2D eigenvalue weighted by atomic mass is 79.9. The molecule has 1 aromatic heterocycles. The fourth-order valence-corrected chi connectivity index (χ4v) is 2.75. The molecule has 0 radical (unpaired) electrons. The summed E-state index contributed by atoms with van der Waals surface area (Å²) in [6.07, 6.45) is 3.18. The zero-order valence-corrected chi connectivity index (χ0v) is 13.0. The SMILES string of the molecule is CCCC(C)(CBr)Cc1nnnn1-c1ccccc1. The first kappa shape index (κ1) is 14.2. The van der Waals surface area contributed by atoms with Gasteiger partial charge in [0.2, 0.25) is 0 Å². The summed E-state index contributed by atoms with van der Waals surface area (Å²) >= 11 is 3.62. The van der Waals surface area contributed by atoms with Crippen molar-refractivity contribution in [2.45, 2.75) is 33.1 Å². The summed E-state index contributed by atoms with van der Waals surface area (Å²) < 4.78 is 1.83. The van der Waals surface area contributed by atoms with E-state index in [2.05, 4.69) is 45.3 Å². The van der Waals surface area contributed by atoms with Gasteiger partial charge in [-0.25, -0.2) is 0 Å². The van der Waals surface area contributed by atoms with E-state index in [-0.39, 0.29) is 5.41 Å². The molecule has 102 valence electrons. The van der Waals surface area contributed by atoms with Crippen molar-refractivity contribution >= 4 is 15.9 Å². The second-order valence-corrected chi connectivity index (χ2v) is 5.77. The Morgan fingerprint density at radius 1 is 1.26 bits per heavy atom. The first-order valence-corrected chi connectivity index (χ1v) is 7.69. The van der Waals surface area contributed by atoms with Crippen LogP contribution in [0.4, 0.5) is 0 Å². The van der Waals surface area contributed by atoms with Crippen LogP contribution < -0.4 is 0 Å². The van der Waals surface area contributed by atoms with Gasteiger partial charge in [0.1, 0.15) is 0 Å². The van der Waals surface area contributed by atoms with Crippen LogP contribution >= 0.6 is 15.9 Å². The van der Waals surface area contributed by atoms with Crippen molar-refractivity contribution in [3.63, 3.8) is 0 Å². The van der Waals surface area contributed by atoms with Gasteiger partial charge in [-0.2, -0.15) is 4.68 Å². The number of para-hydroxylation sites is 1. The van der Waals surface area contributed by atoms with Crippen LogP contribution in [0.3, 0.4) is 0 Å². The van der Waals surface area contributed by atoms with Gasteiger partial charge in [-0.3, -0.25) is 0 Å². The minimum atomic E-state index is 0.190. The first-order chi connectivity index (χ1) is 9.18. The number of benzene rings is 1. The van der Waals surface area contributed by atoms with Gasteiger partial charge in [-0.15, -0.1) is 5.10 Å². The number of rotatable bonds is 6. The Kier molecular flexibility index (Phi) is 4.69. The molecule has 0 spiro atoms. The fraction of sp³-hybridized carbons (Fsp3) is 0.500. The maximum absolute atomic E-state index is 4.19. The number of nitrogens with zero attached hydrogens (tertiary/aromatic N) is 4. The quantitative estimate of drug-likeness (QED) is 0.765. The molecule has 0 amide bonds. The molecule has 1 unspecified atom stereocenters. The van der Waals surface area contributed by atoms with Crippen molar-refractivity contribution in [1.29, 1.82) is 0 Å². The molecule has 2 rings (SSSR count). The molecule has 4 nitrogen and oxygen atoms in total. The van der Waals surface area contributed by atoms with Crippen LogP contribution in [0.1, 0.15) is 32.5 Å². The molecule has 0 aliphatic heterocycles. The number of hydrogen-bond acceptors (Lipinski definition) is 3. The summed E-state index contributed by atoms with van der Waals surface area (Å²) in [5.74, 6) is 0.918. The van der Waals surface area contributed by atoms with Crippen LogP contribution in [0.15, 0.2) is 30.3 Å². The van der Waals surface area contributed by atoms with E-state index in [1.807, 2.05) is 35.0 Å². The summed E-state index contributed by atoms with van der Waals surface area (Å²) in [5, 5.41) is 13.1. The van der Waals surface area contributed by atoms with E-state index in [0.29, 0.717) is 0 Å². The fourth-order valence-electron chi connectivity index (χ4n) is 2.27. The summed E-state index contributed by atoms with van der Waals surface area (Å²) in [7, 11) is 0. The third-order valence-corrected chi connectivity index (χ3v) is 4.65. The summed E-state index contributed by atoms with van der Waals surface area (Å²) in [5.41, 5.74) is 1.20. The van der Waals surface area contributed by atoms with Gasteiger partial charge in [0.05, 0.1) is 5.69 Å². The average molecular weight is 323 g/mol. The van der Waals surface area contributed by atoms with E-state index in [1.54, 1.807) is 0 Å². The topological polar surface area (TPSA) is 43.6 Å². The van der Waals surface area contributed by atoms with Crippen LogP contribution in [0.25, 0.3) is 5.69 Å². The second kappa shape index (κ2) is 6.28. The van der Waals surface area contributed by atoms with Crippen molar-refractivity contribution in [2.24, 2.45) is 5.41 Å². The highest BCUT2D eigenvalue weighted by molar-refractivity contribution is 9.09. The van der Waals surface area contributed by atoms with Crippen molar-refractivity contribution < 1.29 is 0 Å². The van der Waals surface area contributed by atoms with Crippen molar-refractivity contribution in [1.82, 2.24) is 20.2 Å². The molecule has 2 aromatic rings. The Bertz CT molecular complexity index is 511. The molecule has 1 atom stereocenters. The smallest absolute Gasteiger partial charge is 0.157 e. The normalized spacial score (nSPS) is 14.3. The van der Waals surface area contributed by atoms with Gasteiger partial charge in [0.25, 0.3) is 0 Å². The van der Waals surface area contributed by atoms with Gasteiger partial charge in [0.15, 0.2) is 5.82 Å². The second-order valence-electron chi connectivity index (χ2n) is 5.21. The first-order valence-electron chi connectivity index (χ1n) is 6.57.